The first kappa shape index (κ1) is 15.9. The number of nitrogens with two attached hydrogens (primary N) is 1. The molecule has 3 aromatic rings. The Labute approximate surface area is 144 Å². The molecule has 0 saturated carbocycles. The van der Waals surface area contributed by atoms with Crippen molar-refractivity contribution >= 4 is 23.4 Å². The van der Waals surface area contributed by atoms with Crippen molar-refractivity contribution in [2.75, 3.05) is 5.84 Å². The first-order valence-corrected chi connectivity index (χ1v) is 8.56. The van der Waals surface area contributed by atoms with Crippen LogP contribution in [-0.4, -0.2) is 14.9 Å². The molecule has 4 nitrogen and oxygen atoms in total. The SMILES string of the molecule is Cc1ccc(CSc2nnc(-c3ccc(Cl)cc3)n2N)cc1C. The van der Waals surface area contributed by atoms with Gasteiger partial charge < -0.3 is 5.84 Å². The van der Waals surface area contributed by atoms with E-state index in [2.05, 4.69) is 42.2 Å². The van der Waals surface area contributed by atoms with E-state index in [4.69, 9.17) is 17.4 Å². The molecule has 0 fully saturated rings. The van der Waals surface area contributed by atoms with E-state index in [1.165, 1.54) is 21.4 Å². The lowest BCUT2D eigenvalue weighted by molar-refractivity contribution is 0.849. The van der Waals surface area contributed by atoms with Crippen molar-refractivity contribution in [2.24, 2.45) is 0 Å². The Morgan fingerprint density at radius 1 is 1.04 bits per heavy atom. The molecule has 0 aliphatic carbocycles. The molecule has 0 bridgehead atoms. The Bertz CT molecular complexity index is 827. The number of hydrogen-bond acceptors (Lipinski definition) is 4. The number of rotatable bonds is 4. The molecule has 0 unspecified atom stereocenters. The van der Waals surface area contributed by atoms with Crippen LogP contribution < -0.4 is 5.84 Å². The molecule has 0 radical (unpaired) electrons. The average molecular weight is 345 g/mol. The minimum atomic E-state index is 0.629. The van der Waals surface area contributed by atoms with Gasteiger partial charge in [-0.1, -0.05) is 41.6 Å². The molecule has 0 aliphatic rings. The van der Waals surface area contributed by atoms with Crippen LogP contribution in [-0.2, 0) is 5.75 Å². The predicted octanol–water partition coefficient (Wildman–Crippen LogP) is 4.22. The highest BCUT2D eigenvalue weighted by Gasteiger charge is 2.12. The molecule has 3 rings (SSSR count). The lowest BCUT2D eigenvalue weighted by Crippen LogP contribution is -2.11. The third kappa shape index (κ3) is 3.51. The summed E-state index contributed by atoms with van der Waals surface area (Å²) >= 11 is 7.48. The summed E-state index contributed by atoms with van der Waals surface area (Å²) in [5.74, 6) is 7.56. The Hall–Kier alpha value is -1.98. The van der Waals surface area contributed by atoms with Gasteiger partial charge in [0.1, 0.15) is 0 Å². The van der Waals surface area contributed by atoms with Crippen molar-refractivity contribution < 1.29 is 0 Å². The van der Waals surface area contributed by atoms with Crippen molar-refractivity contribution in [3.05, 3.63) is 64.2 Å². The lowest BCUT2D eigenvalue weighted by Gasteiger charge is -2.06. The number of halogens is 1. The fraction of sp³-hybridized carbons (Fsp3) is 0.176. The van der Waals surface area contributed by atoms with Gasteiger partial charge in [0, 0.05) is 16.3 Å². The van der Waals surface area contributed by atoms with E-state index in [0.29, 0.717) is 16.0 Å². The van der Waals surface area contributed by atoms with Crippen molar-refractivity contribution in [2.45, 2.75) is 24.8 Å². The van der Waals surface area contributed by atoms with E-state index >= 15 is 0 Å². The second-order valence-electron chi connectivity index (χ2n) is 5.39. The largest absolute Gasteiger partial charge is 0.335 e. The van der Waals surface area contributed by atoms with Crippen LogP contribution in [0.4, 0.5) is 0 Å². The van der Waals surface area contributed by atoms with Crippen LogP contribution in [0, 0.1) is 13.8 Å². The number of aromatic nitrogens is 3. The summed E-state index contributed by atoms with van der Waals surface area (Å²) in [6, 6.07) is 13.9. The standard InChI is InChI=1S/C17H17ClN4S/c1-11-3-4-13(9-12(11)2)10-23-17-21-20-16(22(17)19)14-5-7-15(18)8-6-14/h3-9H,10,19H2,1-2H3. The average Bonchev–Trinajstić information content (AvgIpc) is 2.90. The molecule has 1 aromatic heterocycles. The summed E-state index contributed by atoms with van der Waals surface area (Å²) in [6.45, 7) is 4.23. The highest BCUT2D eigenvalue weighted by molar-refractivity contribution is 7.98. The Morgan fingerprint density at radius 3 is 2.48 bits per heavy atom. The van der Waals surface area contributed by atoms with Crippen molar-refractivity contribution in [3.8, 4) is 11.4 Å². The Balaban J connectivity index is 1.76. The molecular weight excluding hydrogens is 328 g/mol. The molecule has 1 heterocycles. The quantitative estimate of drug-likeness (QED) is 0.568. The summed E-state index contributed by atoms with van der Waals surface area (Å²) < 4.78 is 1.52. The molecule has 6 heteroatoms. The van der Waals surface area contributed by atoms with Crippen LogP contribution in [0.5, 0.6) is 0 Å². The maximum atomic E-state index is 6.13. The van der Waals surface area contributed by atoms with Gasteiger partial charge >= 0.3 is 0 Å². The second-order valence-corrected chi connectivity index (χ2v) is 6.77. The number of aryl methyl sites for hydroxylation is 2. The first-order valence-electron chi connectivity index (χ1n) is 7.20. The Morgan fingerprint density at radius 2 is 1.78 bits per heavy atom. The highest BCUT2D eigenvalue weighted by atomic mass is 35.5. The molecule has 0 saturated heterocycles. The van der Waals surface area contributed by atoms with Crippen LogP contribution >= 0.6 is 23.4 Å². The van der Waals surface area contributed by atoms with Crippen LogP contribution in [0.25, 0.3) is 11.4 Å². The lowest BCUT2D eigenvalue weighted by atomic mass is 10.1. The molecule has 2 N–H and O–H groups in total. The van der Waals surface area contributed by atoms with Gasteiger partial charge in [-0.15, -0.1) is 10.2 Å². The Kier molecular flexibility index (Phi) is 4.59. The highest BCUT2D eigenvalue weighted by Crippen LogP contribution is 2.25. The fourth-order valence-corrected chi connectivity index (χ4v) is 3.14. The van der Waals surface area contributed by atoms with Crippen LogP contribution in [0.15, 0.2) is 47.6 Å². The number of thioether (sulfide) groups is 1. The van der Waals surface area contributed by atoms with E-state index in [9.17, 15) is 0 Å². The minimum Gasteiger partial charge on any atom is -0.335 e. The topological polar surface area (TPSA) is 56.7 Å². The van der Waals surface area contributed by atoms with Gasteiger partial charge in [0.05, 0.1) is 0 Å². The number of hydrogen-bond donors (Lipinski definition) is 1. The molecule has 0 atom stereocenters. The van der Waals surface area contributed by atoms with Crippen molar-refractivity contribution in [3.63, 3.8) is 0 Å². The fourth-order valence-electron chi connectivity index (χ4n) is 2.21. The molecule has 118 valence electrons. The second kappa shape index (κ2) is 6.64. The smallest absolute Gasteiger partial charge is 0.210 e. The van der Waals surface area contributed by atoms with Gasteiger partial charge in [0.2, 0.25) is 5.16 Å². The number of benzene rings is 2. The van der Waals surface area contributed by atoms with E-state index in [1.807, 2.05) is 24.3 Å². The normalized spacial score (nSPS) is 10.9. The molecular formula is C17H17ClN4S. The van der Waals surface area contributed by atoms with Gasteiger partial charge in [-0.05, 0) is 54.8 Å². The molecule has 0 amide bonds. The molecule has 0 spiro atoms. The molecule has 2 aromatic carbocycles. The summed E-state index contributed by atoms with van der Waals surface area (Å²) in [7, 11) is 0. The van der Waals surface area contributed by atoms with E-state index < -0.39 is 0 Å². The first-order chi connectivity index (χ1) is 11.0. The van der Waals surface area contributed by atoms with Crippen LogP contribution in [0.2, 0.25) is 5.02 Å². The number of nitrogen functional groups attached to an aromatic ring is 1. The van der Waals surface area contributed by atoms with Crippen LogP contribution in [0.1, 0.15) is 16.7 Å². The molecule has 0 aliphatic heterocycles. The van der Waals surface area contributed by atoms with Gasteiger partial charge in [-0.3, -0.25) is 0 Å². The third-order valence-electron chi connectivity index (χ3n) is 3.71. The van der Waals surface area contributed by atoms with Gasteiger partial charge in [0.25, 0.3) is 0 Å². The number of nitrogens with zero attached hydrogens (tertiary/aromatic N) is 3. The van der Waals surface area contributed by atoms with Crippen molar-refractivity contribution in [1.29, 1.82) is 0 Å². The monoisotopic (exact) mass is 344 g/mol. The van der Waals surface area contributed by atoms with E-state index in [-0.39, 0.29) is 0 Å². The maximum Gasteiger partial charge on any atom is 0.210 e. The maximum absolute atomic E-state index is 6.13. The zero-order valence-corrected chi connectivity index (χ0v) is 14.5. The zero-order valence-electron chi connectivity index (χ0n) is 13.0. The predicted molar refractivity (Wildman–Crippen MR) is 96.1 cm³/mol. The summed E-state index contributed by atoms with van der Waals surface area (Å²) in [5, 5.41) is 9.74. The minimum absolute atomic E-state index is 0.629. The van der Waals surface area contributed by atoms with Gasteiger partial charge in [-0.25, -0.2) is 4.68 Å². The van der Waals surface area contributed by atoms with Gasteiger partial charge in [-0.2, -0.15) is 0 Å². The van der Waals surface area contributed by atoms with E-state index in [1.54, 1.807) is 11.8 Å². The van der Waals surface area contributed by atoms with Crippen LogP contribution in [0.3, 0.4) is 0 Å². The van der Waals surface area contributed by atoms with Gasteiger partial charge in [0.15, 0.2) is 5.82 Å². The van der Waals surface area contributed by atoms with E-state index in [0.717, 1.165) is 11.3 Å². The third-order valence-corrected chi connectivity index (χ3v) is 4.97. The summed E-state index contributed by atoms with van der Waals surface area (Å²) in [5.41, 5.74) is 4.72. The zero-order chi connectivity index (χ0) is 16.4. The summed E-state index contributed by atoms with van der Waals surface area (Å²) in [6.07, 6.45) is 0. The molecule has 23 heavy (non-hydrogen) atoms. The van der Waals surface area contributed by atoms with Crippen molar-refractivity contribution in [1.82, 2.24) is 14.9 Å². The summed E-state index contributed by atoms with van der Waals surface area (Å²) in [4.78, 5) is 0.